The van der Waals surface area contributed by atoms with E-state index in [1.165, 1.54) is 0 Å². The summed E-state index contributed by atoms with van der Waals surface area (Å²) < 4.78 is 24.1. The van der Waals surface area contributed by atoms with Crippen LogP contribution in [0.4, 0.5) is 0 Å². The van der Waals surface area contributed by atoms with E-state index in [0.29, 0.717) is 25.9 Å². The summed E-state index contributed by atoms with van der Waals surface area (Å²) in [5, 5.41) is -0.839. The molecule has 1 aliphatic rings. The van der Waals surface area contributed by atoms with E-state index >= 15 is 0 Å². The van der Waals surface area contributed by atoms with Crippen LogP contribution in [0, 0.1) is 0 Å². The molecule has 112 valence electrons. The number of hydrogen-bond acceptors (Lipinski definition) is 4. The predicted molar refractivity (Wildman–Crippen MR) is 76.6 cm³/mol. The van der Waals surface area contributed by atoms with E-state index in [1.54, 1.807) is 4.90 Å². The van der Waals surface area contributed by atoms with E-state index < -0.39 is 15.1 Å². The van der Waals surface area contributed by atoms with Crippen molar-refractivity contribution >= 4 is 15.7 Å². The molecule has 2 N–H and O–H groups in total. The molecule has 5 nitrogen and oxygen atoms in total. The summed E-state index contributed by atoms with van der Waals surface area (Å²) >= 11 is 0. The standard InChI is InChI=1S/C13H26N2O3S/c1-3-11(4-2)15(9-8-14)13(16)12-7-5-6-10-19(12,17)18/h11-12H,3-10,14H2,1-2H3. The second-order valence-electron chi connectivity index (χ2n) is 5.14. The summed E-state index contributed by atoms with van der Waals surface area (Å²) in [5.41, 5.74) is 5.57. The van der Waals surface area contributed by atoms with Crippen LogP contribution in [0.5, 0.6) is 0 Å². The highest BCUT2D eigenvalue weighted by Crippen LogP contribution is 2.23. The first-order valence-corrected chi connectivity index (χ1v) is 8.91. The van der Waals surface area contributed by atoms with Crippen LogP contribution in [0.1, 0.15) is 46.0 Å². The second kappa shape index (κ2) is 7.24. The van der Waals surface area contributed by atoms with Gasteiger partial charge >= 0.3 is 0 Å². The molecule has 1 amide bonds. The number of nitrogens with two attached hydrogens (primary N) is 1. The van der Waals surface area contributed by atoms with E-state index in [1.807, 2.05) is 13.8 Å². The monoisotopic (exact) mass is 290 g/mol. The third kappa shape index (κ3) is 3.92. The molecule has 1 heterocycles. The Balaban J connectivity index is 2.92. The van der Waals surface area contributed by atoms with Gasteiger partial charge in [0.15, 0.2) is 9.84 Å². The van der Waals surface area contributed by atoms with Gasteiger partial charge in [0.1, 0.15) is 5.25 Å². The number of carbonyl (C=O) groups excluding carboxylic acids is 1. The average Bonchev–Trinajstić information content (AvgIpc) is 2.38. The van der Waals surface area contributed by atoms with Crippen LogP contribution in [0.3, 0.4) is 0 Å². The Morgan fingerprint density at radius 2 is 1.95 bits per heavy atom. The minimum Gasteiger partial charge on any atom is -0.337 e. The first-order valence-electron chi connectivity index (χ1n) is 7.20. The lowest BCUT2D eigenvalue weighted by atomic mass is 10.1. The molecule has 0 saturated carbocycles. The number of nitrogens with zero attached hydrogens (tertiary/aromatic N) is 1. The van der Waals surface area contributed by atoms with Gasteiger partial charge in [-0.3, -0.25) is 4.79 Å². The van der Waals surface area contributed by atoms with Gasteiger partial charge in [-0.15, -0.1) is 0 Å². The molecule has 0 aliphatic carbocycles. The van der Waals surface area contributed by atoms with Crippen LogP contribution in [0.25, 0.3) is 0 Å². The number of carbonyl (C=O) groups is 1. The van der Waals surface area contributed by atoms with Crippen LogP contribution in [0.2, 0.25) is 0 Å². The Labute approximate surface area is 116 Å². The fraction of sp³-hybridized carbons (Fsp3) is 0.923. The Kier molecular flexibility index (Phi) is 6.26. The number of amides is 1. The van der Waals surface area contributed by atoms with Crippen molar-refractivity contribution < 1.29 is 13.2 Å². The molecule has 0 radical (unpaired) electrons. The van der Waals surface area contributed by atoms with Crippen molar-refractivity contribution in [1.82, 2.24) is 4.90 Å². The highest BCUT2D eigenvalue weighted by molar-refractivity contribution is 7.92. The van der Waals surface area contributed by atoms with Crippen LogP contribution >= 0.6 is 0 Å². The van der Waals surface area contributed by atoms with E-state index in [4.69, 9.17) is 5.73 Å². The van der Waals surface area contributed by atoms with E-state index in [2.05, 4.69) is 0 Å². The highest BCUT2D eigenvalue weighted by Gasteiger charge is 2.38. The molecule has 1 fully saturated rings. The average molecular weight is 290 g/mol. The van der Waals surface area contributed by atoms with Gasteiger partial charge in [-0.2, -0.15) is 0 Å². The molecular weight excluding hydrogens is 264 g/mol. The molecule has 0 aromatic carbocycles. The normalized spacial score (nSPS) is 22.4. The molecule has 1 aliphatic heterocycles. The lowest BCUT2D eigenvalue weighted by Gasteiger charge is -2.34. The first kappa shape index (κ1) is 16.4. The zero-order valence-electron chi connectivity index (χ0n) is 12.0. The third-order valence-electron chi connectivity index (χ3n) is 3.89. The number of rotatable bonds is 6. The maximum atomic E-state index is 12.6. The van der Waals surface area contributed by atoms with Gasteiger partial charge in [0.05, 0.1) is 5.75 Å². The van der Waals surface area contributed by atoms with Crippen LogP contribution in [-0.2, 0) is 14.6 Å². The first-order chi connectivity index (χ1) is 8.97. The molecule has 0 bridgehead atoms. The highest BCUT2D eigenvalue weighted by atomic mass is 32.2. The maximum absolute atomic E-state index is 12.6. The summed E-state index contributed by atoms with van der Waals surface area (Å²) in [6, 6.07) is 0.0909. The van der Waals surface area contributed by atoms with Crippen molar-refractivity contribution in [3.63, 3.8) is 0 Å². The van der Waals surface area contributed by atoms with Crippen molar-refractivity contribution in [2.24, 2.45) is 5.73 Å². The topological polar surface area (TPSA) is 80.5 Å². The fourth-order valence-corrected chi connectivity index (χ4v) is 4.62. The Hall–Kier alpha value is -0.620. The predicted octanol–water partition coefficient (Wildman–Crippen LogP) is 0.930. The molecule has 0 aromatic heterocycles. The second-order valence-corrected chi connectivity index (χ2v) is 7.45. The molecule has 1 unspecified atom stereocenters. The van der Waals surface area contributed by atoms with E-state index in [0.717, 1.165) is 19.3 Å². The molecule has 0 aromatic rings. The molecule has 0 spiro atoms. The van der Waals surface area contributed by atoms with Gasteiger partial charge in [0.2, 0.25) is 5.91 Å². The molecule has 19 heavy (non-hydrogen) atoms. The van der Waals surface area contributed by atoms with Gasteiger partial charge in [0.25, 0.3) is 0 Å². The van der Waals surface area contributed by atoms with Gasteiger partial charge in [-0.05, 0) is 25.7 Å². The molecule has 1 atom stereocenters. The van der Waals surface area contributed by atoms with Crippen molar-refractivity contribution in [3.05, 3.63) is 0 Å². The van der Waals surface area contributed by atoms with Crippen LogP contribution < -0.4 is 5.73 Å². The molecule has 1 saturated heterocycles. The van der Waals surface area contributed by atoms with Crippen molar-refractivity contribution in [2.75, 3.05) is 18.8 Å². The Morgan fingerprint density at radius 1 is 1.32 bits per heavy atom. The third-order valence-corrected chi connectivity index (χ3v) is 6.05. The van der Waals surface area contributed by atoms with E-state index in [9.17, 15) is 13.2 Å². The lowest BCUT2D eigenvalue weighted by Crippen LogP contribution is -2.50. The summed E-state index contributed by atoms with van der Waals surface area (Å²) in [7, 11) is -3.27. The largest absolute Gasteiger partial charge is 0.337 e. The van der Waals surface area contributed by atoms with Crippen molar-refractivity contribution in [3.8, 4) is 0 Å². The van der Waals surface area contributed by atoms with Gasteiger partial charge in [-0.25, -0.2) is 8.42 Å². The fourth-order valence-electron chi connectivity index (χ4n) is 2.76. The SMILES string of the molecule is CCC(CC)N(CCN)C(=O)C1CCCCS1(=O)=O. The molecular formula is C13H26N2O3S. The summed E-state index contributed by atoms with van der Waals surface area (Å²) in [6.45, 7) is 4.84. The Bertz CT molecular complexity index is 391. The van der Waals surface area contributed by atoms with E-state index in [-0.39, 0.29) is 17.7 Å². The lowest BCUT2D eigenvalue weighted by molar-refractivity contribution is -0.133. The summed E-state index contributed by atoms with van der Waals surface area (Å²) in [4.78, 5) is 14.2. The Morgan fingerprint density at radius 3 is 2.42 bits per heavy atom. The van der Waals surface area contributed by atoms with Gasteiger partial charge in [0, 0.05) is 19.1 Å². The minimum atomic E-state index is -3.27. The quantitative estimate of drug-likeness (QED) is 0.789. The summed E-state index contributed by atoms with van der Waals surface area (Å²) in [6.07, 6.45) is 3.61. The van der Waals surface area contributed by atoms with Crippen LogP contribution in [-0.4, -0.2) is 49.4 Å². The number of sulfone groups is 1. The minimum absolute atomic E-state index is 0.0909. The molecule has 1 rings (SSSR count). The van der Waals surface area contributed by atoms with Crippen molar-refractivity contribution in [1.29, 1.82) is 0 Å². The van der Waals surface area contributed by atoms with Gasteiger partial charge in [-0.1, -0.05) is 20.3 Å². The number of hydrogen-bond donors (Lipinski definition) is 1. The zero-order chi connectivity index (χ0) is 14.5. The summed E-state index contributed by atoms with van der Waals surface area (Å²) in [5.74, 6) is -0.0955. The maximum Gasteiger partial charge on any atom is 0.241 e. The smallest absolute Gasteiger partial charge is 0.241 e. The van der Waals surface area contributed by atoms with Crippen molar-refractivity contribution in [2.45, 2.75) is 57.2 Å². The zero-order valence-corrected chi connectivity index (χ0v) is 12.8. The van der Waals surface area contributed by atoms with Gasteiger partial charge < -0.3 is 10.6 Å². The van der Waals surface area contributed by atoms with Crippen LogP contribution in [0.15, 0.2) is 0 Å². The molecule has 6 heteroatoms.